The Labute approximate surface area is 127 Å². The van der Waals surface area contributed by atoms with E-state index in [1.54, 1.807) is 43.3 Å². The van der Waals surface area contributed by atoms with E-state index in [2.05, 4.69) is 0 Å². The number of ketones is 2. The van der Waals surface area contributed by atoms with E-state index >= 15 is 0 Å². The summed E-state index contributed by atoms with van der Waals surface area (Å²) in [4.78, 5) is 26.9. The molecular weight excluding hydrogens is 282 g/mol. The number of phenols is 2. The molecule has 1 aliphatic carbocycles. The van der Waals surface area contributed by atoms with Gasteiger partial charge in [-0.15, -0.1) is 0 Å². The maximum atomic E-state index is 12.6. The first-order chi connectivity index (χ1) is 10.4. The largest absolute Gasteiger partial charge is 0.504 e. The van der Waals surface area contributed by atoms with Crippen molar-refractivity contribution in [3.8, 4) is 11.5 Å². The van der Waals surface area contributed by atoms with Crippen LogP contribution in [0.5, 0.6) is 11.5 Å². The van der Waals surface area contributed by atoms with E-state index in [4.69, 9.17) is 0 Å². The van der Waals surface area contributed by atoms with Gasteiger partial charge in [-0.05, 0) is 20.2 Å². The fourth-order valence-corrected chi connectivity index (χ4v) is 2.74. The normalized spacial score (nSPS) is 13.2. The molecule has 0 aliphatic heterocycles. The number of hydrogen-bond donors (Lipinski definition) is 2. The Bertz CT molecular complexity index is 809. The molecule has 2 aromatic carbocycles. The van der Waals surface area contributed by atoms with Crippen LogP contribution in [-0.4, -0.2) is 40.8 Å². The van der Waals surface area contributed by atoms with Crippen molar-refractivity contribution in [2.75, 3.05) is 14.1 Å². The van der Waals surface area contributed by atoms with Crippen molar-refractivity contribution >= 4 is 11.6 Å². The summed E-state index contributed by atoms with van der Waals surface area (Å²) in [5, 5.41) is 20.3. The molecule has 0 bridgehead atoms. The molecule has 0 heterocycles. The molecule has 2 aromatic rings. The van der Waals surface area contributed by atoms with Gasteiger partial charge in [-0.25, -0.2) is 0 Å². The molecule has 5 nitrogen and oxygen atoms in total. The first-order valence-electron chi connectivity index (χ1n) is 6.82. The Morgan fingerprint density at radius 3 is 2.09 bits per heavy atom. The smallest absolute Gasteiger partial charge is 0.198 e. The first-order valence-corrected chi connectivity index (χ1v) is 6.82. The van der Waals surface area contributed by atoms with Gasteiger partial charge in [0, 0.05) is 28.8 Å². The van der Waals surface area contributed by atoms with Gasteiger partial charge in [0.25, 0.3) is 0 Å². The second-order valence-corrected chi connectivity index (χ2v) is 5.60. The molecule has 0 saturated heterocycles. The standard InChI is InChI=1S/C17H15NO4/c1-18(2)8-9-7-12-13(17(22)14(9)19)16(21)11-6-4-3-5-10(11)15(12)20/h3-7,19,22H,8H2,1-2H3. The van der Waals surface area contributed by atoms with Crippen LogP contribution in [0.25, 0.3) is 0 Å². The highest BCUT2D eigenvalue weighted by Gasteiger charge is 2.34. The summed E-state index contributed by atoms with van der Waals surface area (Å²) < 4.78 is 0. The third-order valence-corrected chi connectivity index (χ3v) is 3.73. The van der Waals surface area contributed by atoms with Gasteiger partial charge >= 0.3 is 0 Å². The lowest BCUT2D eigenvalue weighted by molar-refractivity contribution is 0.0976. The van der Waals surface area contributed by atoms with Gasteiger partial charge in [0.15, 0.2) is 23.1 Å². The fraction of sp³-hybridized carbons (Fsp3) is 0.176. The lowest BCUT2D eigenvalue weighted by Gasteiger charge is -2.21. The average molecular weight is 297 g/mol. The van der Waals surface area contributed by atoms with E-state index in [1.807, 2.05) is 0 Å². The Kier molecular flexibility index (Phi) is 3.22. The average Bonchev–Trinajstić information content (AvgIpc) is 2.49. The molecule has 0 saturated carbocycles. The van der Waals surface area contributed by atoms with Crippen LogP contribution < -0.4 is 0 Å². The number of aromatic hydroxyl groups is 2. The molecular formula is C17H15NO4. The summed E-state index contributed by atoms with van der Waals surface area (Å²) in [5.41, 5.74) is 0.984. The summed E-state index contributed by atoms with van der Waals surface area (Å²) in [5.74, 6) is -1.65. The molecule has 0 radical (unpaired) electrons. The third-order valence-electron chi connectivity index (χ3n) is 3.73. The molecule has 0 spiro atoms. The molecule has 5 heteroatoms. The number of carbonyl (C=O) groups is 2. The minimum absolute atomic E-state index is 0.122. The third kappa shape index (κ3) is 1.98. The Hall–Kier alpha value is -2.66. The lowest BCUT2D eigenvalue weighted by atomic mass is 9.82. The van der Waals surface area contributed by atoms with Crippen molar-refractivity contribution in [2.45, 2.75) is 6.54 Å². The quantitative estimate of drug-likeness (QED) is 0.707. The van der Waals surface area contributed by atoms with Gasteiger partial charge in [-0.1, -0.05) is 24.3 Å². The zero-order valence-corrected chi connectivity index (χ0v) is 12.3. The predicted octanol–water partition coefficient (Wildman–Crippen LogP) is 1.93. The Balaban J connectivity index is 2.27. The number of benzene rings is 2. The monoisotopic (exact) mass is 297 g/mol. The van der Waals surface area contributed by atoms with Gasteiger partial charge in [0.1, 0.15) is 0 Å². The summed E-state index contributed by atoms with van der Waals surface area (Å²) in [6.07, 6.45) is 0. The van der Waals surface area contributed by atoms with Crippen LogP contribution >= 0.6 is 0 Å². The SMILES string of the molecule is CN(C)Cc1cc2c(c(O)c1O)C(=O)c1ccccc1C2=O. The summed E-state index contributed by atoms with van der Waals surface area (Å²) in [6, 6.07) is 7.97. The van der Waals surface area contributed by atoms with Crippen molar-refractivity contribution in [3.63, 3.8) is 0 Å². The van der Waals surface area contributed by atoms with Crippen LogP contribution in [0.15, 0.2) is 30.3 Å². The molecule has 0 aromatic heterocycles. The molecule has 1 aliphatic rings. The zero-order valence-electron chi connectivity index (χ0n) is 12.3. The summed E-state index contributed by atoms with van der Waals surface area (Å²) in [7, 11) is 3.61. The van der Waals surface area contributed by atoms with Gasteiger partial charge in [-0.3, -0.25) is 9.59 Å². The minimum atomic E-state index is -0.526. The van der Waals surface area contributed by atoms with Gasteiger partial charge < -0.3 is 15.1 Å². The lowest BCUT2D eigenvalue weighted by Crippen LogP contribution is -2.22. The van der Waals surface area contributed by atoms with E-state index < -0.39 is 11.5 Å². The van der Waals surface area contributed by atoms with Crippen molar-refractivity contribution in [2.24, 2.45) is 0 Å². The first kappa shape index (κ1) is 14.3. The van der Waals surface area contributed by atoms with Crippen molar-refractivity contribution in [3.05, 3.63) is 58.1 Å². The number of phenolic OH excluding ortho intramolecular Hbond substituents is 2. The van der Waals surface area contributed by atoms with Crippen molar-refractivity contribution in [1.29, 1.82) is 0 Å². The molecule has 112 valence electrons. The Morgan fingerprint density at radius 2 is 1.50 bits per heavy atom. The maximum Gasteiger partial charge on any atom is 0.198 e. The van der Waals surface area contributed by atoms with E-state index in [-0.39, 0.29) is 28.2 Å². The van der Waals surface area contributed by atoms with Crippen molar-refractivity contribution < 1.29 is 19.8 Å². The number of rotatable bonds is 2. The highest BCUT2D eigenvalue weighted by atomic mass is 16.3. The van der Waals surface area contributed by atoms with Crippen LogP contribution in [-0.2, 0) is 6.54 Å². The Morgan fingerprint density at radius 1 is 0.909 bits per heavy atom. The van der Waals surface area contributed by atoms with Crippen LogP contribution in [0, 0.1) is 0 Å². The number of carbonyl (C=O) groups excluding carboxylic acids is 2. The minimum Gasteiger partial charge on any atom is -0.504 e. The second-order valence-electron chi connectivity index (χ2n) is 5.60. The fourth-order valence-electron chi connectivity index (χ4n) is 2.74. The number of fused-ring (bicyclic) bond motifs is 2. The van der Waals surface area contributed by atoms with Gasteiger partial charge in [0.05, 0.1) is 5.56 Å². The number of hydrogen-bond acceptors (Lipinski definition) is 5. The molecule has 2 N–H and O–H groups in total. The van der Waals surface area contributed by atoms with E-state index in [0.717, 1.165) is 0 Å². The van der Waals surface area contributed by atoms with E-state index in [0.29, 0.717) is 17.7 Å². The van der Waals surface area contributed by atoms with Crippen LogP contribution in [0.3, 0.4) is 0 Å². The topological polar surface area (TPSA) is 77.8 Å². The molecule has 0 unspecified atom stereocenters. The summed E-state index contributed by atoms with van der Waals surface area (Å²) in [6.45, 7) is 0.343. The molecule has 0 atom stereocenters. The maximum absolute atomic E-state index is 12.6. The molecule has 0 fully saturated rings. The van der Waals surface area contributed by atoms with Crippen LogP contribution in [0.4, 0.5) is 0 Å². The van der Waals surface area contributed by atoms with Gasteiger partial charge in [-0.2, -0.15) is 0 Å². The predicted molar refractivity (Wildman–Crippen MR) is 80.5 cm³/mol. The highest BCUT2D eigenvalue weighted by molar-refractivity contribution is 6.29. The van der Waals surface area contributed by atoms with Gasteiger partial charge in [0.2, 0.25) is 0 Å². The van der Waals surface area contributed by atoms with Crippen LogP contribution in [0.2, 0.25) is 0 Å². The molecule has 22 heavy (non-hydrogen) atoms. The number of nitrogens with zero attached hydrogens (tertiary/aromatic N) is 1. The summed E-state index contributed by atoms with van der Waals surface area (Å²) >= 11 is 0. The zero-order chi connectivity index (χ0) is 16.0. The molecule has 3 rings (SSSR count). The van der Waals surface area contributed by atoms with E-state index in [1.165, 1.54) is 6.07 Å². The molecule has 0 amide bonds. The van der Waals surface area contributed by atoms with E-state index in [9.17, 15) is 19.8 Å². The second kappa shape index (κ2) is 4.96. The van der Waals surface area contributed by atoms with Crippen molar-refractivity contribution in [1.82, 2.24) is 4.90 Å². The van der Waals surface area contributed by atoms with Crippen LogP contribution in [0.1, 0.15) is 37.4 Å². The highest BCUT2D eigenvalue weighted by Crippen LogP contribution is 2.40.